The van der Waals surface area contributed by atoms with Crippen molar-refractivity contribution in [3.63, 3.8) is 0 Å². The maximum Gasteiger partial charge on any atom is 0.262 e. The van der Waals surface area contributed by atoms with Crippen LogP contribution < -0.4 is 20.1 Å². The predicted octanol–water partition coefficient (Wildman–Crippen LogP) is 5.79. The zero-order valence-electron chi connectivity index (χ0n) is 18.2. The third kappa shape index (κ3) is 5.19. The molecule has 1 amide bonds. The lowest BCUT2D eigenvalue weighted by atomic mass is 10.1. The van der Waals surface area contributed by atoms with Crippen LogP contribution in [0.1, 0.15) is 11.1 Å². The van der Waals surface area contributed by atoms with Gasteiger partial charge in [-0.3, -0.25) is 4.79 Å². The first-order chi connectivity index (χ1) is 15.6. The number of carbonyl (C=O) groups excluding carboxylic acids is 1. The molecule has 0 fully saturated rings. The number of benzene rings is 4. The molecule has 4 aromatic carbocycles. The second-order valence-corrected chi connectivity index (χ2v) is 7.57. The van der Waals surface area contributed by atoms with Gasteiger partial charge in [-0.2, -0.15) is 0 Å². The van der Waals surface area contributed by atoms with Gasteiger partial charge < -0.3 is 20.1 Å². The topological polar surface area (TPSA) is 59.6 Å². The number of methoxy groups -OCH3 is 1. The summed E-state index contributed by atoms with van der Waals surface area (Å²) in [6.45, 7) is 2.54. The first-order valence-corrected chi connectivity index (χ1v) is 10.5. The van der Waals surface area contributed by atoms with Crippen LogP contribution in [0.4, 0.5) is 11.4 Å². The summed E-state index contributed by atoms with van der Waals surface area (Å²) in [5.41, 5.74) is 4.01. The number of hydrogen-bond donors (Lipinski definition) is 2. The zero-order chi connectivity index (χ0) is 22.3. The second kappa shape index (κ2) is 9.88. The molecule has 0 aliphatic carbocycles. The van der Waals surface area contributed by atoms with Crippen LogP contribution in [-0.2, 0) is 11.3 Å². The molecule has 2 N–H and O–H groups in total. The summed E-state index contributed by atoms with van der Waals surface area (Å²) < 4.78 is 11.2. The molecule has 0 saturated heterocycles. The van der Waals surface area contributed by atoms with E-state index in [1.165, 1.54) is 10.8 Å². The average Bonchev–Trinajstić information content (AvgIpc) is 2.83. The molecule has 0 aliphatic rings. The molecule has 0 unspecified atom stereocenters. The van der Waals surface area contributed by atoms with Gasteiger partial charge in [-0.15, -0.1) is 0 Å². The molecule has 4 rings (SSSR count). The Morgan fingerprint density at radius 1 is 0.875 bits per heavy atom. The molecule has 5 heteroatoms. The molecule has 4 aromatic rings. The molecule has 0 atom stereocenters. The Bertz CT molecular complexity index is 1210. The fourth-order valence-electron chi connectivity index (χ4n) is 3.50. The lowest BCUT2D eigenvalue weighted by Gasteiger charge is -2.14. The van der Waals surface area contributed by atoms with Crippen LogP contribution in [0.3, 0.4) is 0 Å². The van der Waals surface area contributed by atoms with Gasteiger partial charge in [0, 0.05) is 23.3 Å². The number of amides is 1. The summed E-state index contributed by atoms with van der Waals surface area (Å²) >= 11 is 0. The summed E-state index contributed by atoms with van der Waals surface area (Å²) in [4.78, 5) is 12.2. The molecule has 0 saturated carbocycles. The number of hydrogen-bond acceptors (Lipinski definition) is 4. The highest BCUT2D eigenvalue weighted by Crippen LogP contribution is 2.29. The molecule has 0 spiro atoms. The number of rotatable bonds is 8. The molecule has 32 heavy (non-hydrogen) atoms. The van der Waals surface area contributed by atoms with Crippen LogP contribution in [0.25, 0.3) is 10.8 Å². The molecule has 162 valence electrons. The normalized spacial score (nSPS) is 10.6. The Kier molecular flexibility index (Phi) is 6.56. The minimum Gasteiger partial charge on any atom is -0.493 e. The molecular weight excluding hydrogens is 400 g/mol. The standard InChI is InChI=1S/C27H26N2O3/c1-19-10-13-22(14-11-19)29-27(30)18-32-25-15-12-20(16-26(25)31-2)17-28-24-9-5-7-21-6-3-4-8-23(21)24/h3-16,28H,17-18H2,1-2H3,(H,29,30). The van der Waals surface area contributed by atoms with Gasteiger partial charge in [-0.1, -0.05) is 60.2 Å². The highest BCUT2D eigenvalue weighted by atomic mass is 16.5. The summed E-state index contributed by atoms with van der Waals surface area (Å²) in [5, 5.41) is 8.70. The Morgan fingerprint density at radius 3 is 2.47 bits per heavy atom. The van der Waals surface area contributed by atoms with Crippen molar-refractivity contribution in [2.45, 2.75) is 13.5 Å². The van der Waals surface area contributed by atoms with E-state index in [0.717, 1.165) is 22.5 Å². The fraction of sp³-hybridized carbons (Fsp3) is 0.148. The maximum absolute atomic E-state index is 12.2. The van der Waals surface area contributed by atoms with Crippen molar-refractivity contribution in [3.05, 3.63) is 96.1 Å². The van der Waals surface area contributed by atoms with Gasteiger partial charge in [0.1, 0.15) is 0 Å². The number of aryl methyl sites for hydroxylation is 1. The number of ether oxygens (including phenoxy) is 2. The van der Waals surface area contributed by atoms with Crippen molar-refractivity contribution in [2.24, 2.45) is 0 Å². The van der Waals surface area contributed by atoms with Crippen molar-refractivity contribution in [1.82, 2.24) is 0 Å². The van der Waals surface area contributed by atoms with E-state index in [0.29, 0.717) is 18.0 Å². The van der Waals surface area contributed by atoms with E-state index >= 15 is 0 Å². The van der Waals surface area contributed by atoms with Crippen LogP contribution in [0, 0.1) is 6.92 Å². The molecule has 0 radical (unpaired) electrons. The van der Waals surface area contributed by atoms with Gasteiger partial charge in [0.2, 0.25) is 0 Å². The van der Waals surface area contributed by atoms with Crippen LogP contribution in [-0.4, -0.2) is 19.6 Å². The predicted molar refractivity (Wildman–Crippen MR) is 130 cm³/mol. The minimum atomic E-state index is -0.224. The van der Waals surface area contributed by atoms with Crippen molar-refractivity contribution < 1.29 is 14.3 Å². The van der Waals surface area contributed by atoms with E-state index in [1.54, 1.807) is 7.11 Å². The monoisotopic (exact) mass is 426 g/mol. The first kappa shape index (κ1) is 21.2. The molecule has 0 aromatic heterocycles. The van der Waals surface area contributed by atoms with Crippen LogP contribution in [0.15, 0.2) is 84.9 Å². The summed E-state index contributed by atoms with van der Waals surface area (Å²) in [5.74, 6) is 0.892. The Hall–Kier alpha value is -3.99. The van der Waals surface area contributed by atoms with Crippen molar-refractivity contribution in [2.75, 3.05) is 24.4 Å². The lowest BCUT2D eigenvalue weighted by molar-refractivity contribution is -0.118. The van der Waals surface area contributed by atoms with Crippen molar-refractivity contribution in [1.29, 1.82) is 0 Å². The van der Waals surface area contributed by atoms with Gasteiger partial charge in [-0.05, 0) is 48.2 Å². The molecule has 0 bridgehead atoms. The zero-order valence-corrected chi connectivity index (χ0v) is 18.2. The van der Waals surface area contributed by atoms with E-state index in [-0.39, 0.29) is 12.5 Å². The average molecular weight is 427 g/mol. The largest absolute Gasteiger partial charge is 0.493 e. The van der Waals surface area contributed by atoms with Gasteiger partial charge in [0.15, 0.2) is 18.1 Å². The third-order valence-corrected chi connectivity index (χ3v) is 5.19. The molecule has 0 heterocycles. The van der Waals surface area contributed by atoms with Gasteiger partial charge in [-0.25, -0.2) is 0 Å². The van der Waals surface area contributed by atoms with Crippen molar-refractivity contribution in [3.8, 4) is 11.5 Å². The molecular formula is C27H26N2O3. The smallest absolute Gasteiger partial charge is 0.262 e. The summed E-state index contributed by atoms with van der Waals surface area (Å²) in [6.07, 6.45) is 0. The minimum absolute atomic E-state index is 0.0994. The van der Waals surface area contributed by atoms with Gasteiger partial charge in [0.25, 0.3) is 5.91 Å². The third-order valence-electron chi connectivity index (χ3n) is 5.19. The lowest BCUT2D eigenvalue weighted by Crippen LogP contribution is -2.20. The number of fused-ring (bicyclic) bond motifs is 1. The van der Waals surface area contributed by atoms with E-state index < -0.39 is 0 Å². The highest BCUT2D eigenvalue weighted by Gasteiger charge is 2.10. The summed E-state index contributed by atoms with van der Waals surface area (Å²) in [7, 11) is 1.59. The SMILES string of the molecule is COc1cc(CNc2cccc3ccccc23)ccc1OCC(=O)Nc1ccc(C)cc1. The Balaban J connectivity index is 1.38. The number of anilines is 2. The van der Waals surface area contributed by atoms with E-state index in [9.17, 15) is 4.79 Å². The van der Waals surface area contributed by atoms with E-state index in [4.69, 9.17) is 9.47 Å². The summed E-state index contributed by atoms with van der Waals surface area (Å²) in [6, 6.07) is 27.9. The van der Waals surface area contributed by atoms with Crippen LogP contribution in [0.2, 0.25) is 0 Å². The van der Waals surface area contributed by atoms with E-state index in [1.807, 2.05) is 67.6 Å². The Labute approximate surface area is 188 Å². The molecule has 5 nitrogen and oxygen atoms in total. The molecule has 0 aliphatic heterocycles. The van der Waals surface area contributed by atoms with E-state index in [2.05, 4.69) is 34.9 Å². The van der Waals surface area contributed by atoms with Gasteiger partial charge in [0.05, 0.1) is 7.11 Å². The highest BCUT2D eigenvalue weighted by molar-refractivity contribution is 5.94. The number of nitrogens with one attached hydrogen (secondary N) is 2. The Morgan fingerprint density at radius 2 is 1.66 bits per heavy atom. The van der Waals surface area contributed by atoms with Crippen molar-refractivity contribution >= 4 is 28.1 Å². The van der Waals surface area contributed by atoms with Gasteiger partial charge >= 0.3 is 0 Å². The van der Waals surface area contributed by atoms with Crippen LogP contribution >= 0.6 is 0 Å². The van der Waals surface area contributed by atoms with Crippen LogP contribution in [0.5, 0.6) is 11.5 Å². The quantitative estimate of drug-likeness (QED) is 0.375. The second-order valence-electron chi connectivity index (χ2n) is 7.57. The maximum atomic E-state index is 12.2. The fourth-order valence-corrected chi connectivity index (χ4v) is 3.50. The number of carbonyl (C=O) groups is 1. The first-order valence-electron chi connectivity index (χ1n) is 10.5.